The van der Waals surface area contributed by atoms with E-state index in [-0.39, 0.29) is 29.3 Å². The van der Waals surface area contributed by atoms with Gasteiger partial charge in [-0.15, -0.1) is 0 Å². The van der Waals surface area contributed by atoms with Crippen molar-refractivity contribution in [3.63, 3.8) is 0 Å². The Morgan fingerprint density at radius 1 is 1.28 bits per heavy atom. The lowest BCUT2D eigenvalue weighted by atomic mass is 9.94. The van der Waals surface area contributed by atoms with Crippen molar-refractivity contribution in [3.05, 3.63) is 81.5 Å². The quantitative estimate of drug-likeness (QED) is 0.309. The van der Waals surface area contributed by atoms with Gasteiger partial charge in [0.1, 0.15) is 0 Å². The average molecular weight is 416 g/mol. The first-order valence-corrected chi connectivity index (χ1v) is 10.4. The van der Waals surface area contributed by atoms with Crippen LogP contribution >= 0.6 is 0 Å². The van der Waals surface area contributed by atoms with Crippen molar-refractivity contribution in [2.45, 2.75) is 31.2 Å². The van der Waals surface area contributed by atoms with Crippen LogP contribution in [0.25, 0.3) is 0 Å². The molecule has 0 N–H and O–H groups in total. The summed E-state index contributed by atoms with van der Waals surface area (Å²) < 4.78 is 32.6. The maximum Gasteiger partial charge on any atom is 0.332 e. The second-order valence-corrected chi connectivity index (χ2v) is 8.39. The van der Waals surface area contributed by atoms with Crippen LogP contribution in [-0.4, -0.2) is 30.2 Å². The Hall–Kier alpha value is -3.20. The zero-order valence-corrected chi connectivity index (χ0v) is 16.8. The van der Waals surface area contributed by atoms with Crippen LogP contribution in [0.3, 0.4) is 0 Å². The number of ether oxygens (including phenoxy) is 1. The first-order valence-electron chi connectivity index (χ1n) is 8.97. The highest BCUT2D eigenvalue weighted by Gasteiger charge is 2.43. The van der Waals surface area contributed by atoms with E-state index in [0.717, 1.165) is 15.9 Å². The summed E-state index contributed by atoms with van der Waals surface area (Å²) in [7, 11) is -3.97. The van der Waals surface area contributed by atoms with Gasteiger partial charge in [0.2, 0.25) is 0 Å². The minimum atomic E-state index is -3.97. The second-order valence-electron chi connectivity index (χ2n) is 6.57. The Morgan fingerprint density at radius 2 is 1.97 bits per heavy atom. The van der Waals surface area contributed by atoms with Crippen LogP contribution in [0.4, 0.5) is 5.69 Å². The monoisotopic (exact) mass is 416 g/mol. The predicted octanol–water partition coefficient (Wildman–Crippen LogP) is 3.49. The summed E-state index contributed by atoms with van der Waals surface area (Å²) in [6, 6.07) is 11.5. The third kappa shape index (κ3) is 4.14. The van der Waals surface area contributed by atoms with Gasteiger partial charge >= 0.3 is 5.97 Å². The van der Waals surface area contributed by atoms with Crippen molar-refractivity contribution in [2.24, 2.45) is 0 Å². The molecule has 0 aliphatic carbocycles. The third-order valence-corrected chi connectivity index (χ3v) is 6.46. The first-order chi connectivity index (χ1) is 13.7. The molecule has 2 aromatic rings. The Balaban J connectivity index is 2.04. The van der Waals surface area contributed by atoms with Crippen molar-refractivity contribution in [1.29, 1.82) is 0 Å². The molecule has 0 radical (unpaired) electrons. The van der Waals surface area contributed by atoms with E-state index in [2.05, 4.69) is 0 Å². The average Bonchev–Trinajstić information content (AvgIpc) is 2.65. The number of carbonyl (C=O) groups excluding carboxylic acids is 1. The number of hydrogen-bond acceptors (Lipinski definition) is 6. The molecule has 1 fully saturated rings. The molecule has 1 unspecified atom stereocenters. The van der Waals surface area contributed by atoms with Crippen LogP contribution in [0.1, 0.15) is 30.5 Å². The summed E-state index contributed by atoms with van der Waals surface area (Å²) in [5.41, 5.74) is 1.54. The summed E-state index contributed by atoms with van der Waals surface area (Å²) in [4.78, 5) is 22.5. The second kappa shape index (κ2) is 8.04. The lowest BCUT2D eigenvalue weighted by molar-refractivity contribution is -0.385. The van der Waals surface area contributed by atoms with Gasteiger partial charge < -0.3 is 4.74 Å². The maximum atomic E-state index is 13.3. The van der Waals surface area contributed by atoms with Gasteiger partial charge in [-0.25, -0.2) is 13.2 Å². The normalized spacial score (nSPS) is 17.7. The van der Waals surface area contributed by atoms with E-state index in [1.807, 2.05) is 6.92 Å². The van der Waals surface area contributed by atoms with E-state index in [9.17, 15) is 23.3 Å². The molecule has 0 spiro atoms. The Morgan fingerprint density at radius 3 is 2.59 bits per heavy atom. The summed E-state index contributed by atoms with van der Waals surface area (Å²) in [5.74, 6) is -0.635. The van der Waals surface area contributed by atoms with E-state index in [1.165, 1.54) is 30.3 Å². The van der Waals surface area contributed by atoms with Crippen molar-refractivity contribution in [3.8, 4) is 0 Å². The molecular weight excluding hydrogens is 396 g/mol. The molecule has 152 valence electrons. The number of carbonyl (C=O) groups is 1. The van der Waals surface area contributed by atoms with Crippen LogP contribution in [0.2, 0.25) is 0 Å². The van der Waals surface area contributed by atoms with E-state index in [4.69, 9.17) is 4.74 Å². The van der Waals surface area contributed by atoms with Crippen LogP contribution in [0.15, 0.2) is 65.2 Å². The molecule has 1 heterocycles. The number of nitro groups is 1. The molecule has 2 aromatic carbocycles. The number of rotatable bonds is 6. The Kier molecular flexibility index (Phi) is 5.69. The fourth-order valence-electron chi connectivity index (χ4n) is 3.15. The standard InChI is InChI=1S/C20H20N2O6S/c1-3-28-20(23)13-17-12-19(15-5-4-6-16(11-15)22(24)25)21(17)29(26,27)18-9-7-14(2)8-10-18/h4-11,13,19H,3,12H2,1-2H3/b17-13+. The molecule has 3 rings (SSSR count). The van der Waals surface area contributed by atoms with Crippen LogP contribution < -0.4 is 0 Å². The van der Waals surface area contributed by atoms with Crippen LogP contribution in [0.5, 0.6) is 0 Å². The van der Waals surface area contributed by atoms with Crippen molar-refractivity contribution in [1.82, 2.24) is 4.31 Å². The topological polar surface area (TPSA) is 107 Å². The van der Waals surface area contributed by atoms with Gasteiger partial charge in [0.15, 0.2) is 0 Å². The van der Waals surface area contributed by atoms with E-state index in [0.29, 0.717) is 5.56 Å². The smallest absolute Gasteiger partial charge is 0.332 e. The van der Waals surface area contributed by atoms with Gasteiger partial charge in [-0.3, -0.25) is 14.4 Å². The minimum Gasteiger partial charge on any atom is -0.463 e. The van der Waals surface area contributed by atoms with Crippen LogP contribution in [0, 0.1) is 17.0 Å². The number of nitro benzene ring substituents is 1. The Labute approximate surface area is 168 Å². The molecule has 1 aliphatic heterocycles. The number of sulfonamides is 1. The fourth-order valence-corrected chi connectivity index (χ4v) is 4.82. The number of hydrogen-bond donors (Lipinski definition) is 0. The molecule has 0 aromatic heterocycles. The van der Waals surface area contributed by atoms with Gasteiger partial charge in [0.25, 0.3) is 15.7 Å². The lowest BCUT2D eigenvalue weighted by Crippen LogP contribution is -2.43. The largest absolute Gasteiger partial charge is 0.463 e. The molecule has 1 aliphatic rings. The van der Waals surface area contributed by atoms with Gasteiger partial charge in [-0.05, 0) is 31.5 Å². The minimum absolute atomic E-state index is 0.0768. The molecule has 29 heavy (non-hydrogen) atoms. The molecule has 0 amide bonds. The number of esters is 1. The zero-order chi connectivity index (χ0) is 21.2. The maximum absolute atomic E-state index is 13.3. The van der Waals surface area contributed by atoms with Crippen molar-refractivity contribution < 1.29 is 22.9 Å². The third-order valence-electron chi connectivity index (χ3n) is 4.58. The number of nitrogens with zero attached hydrogens (tertiary/aromatic N) is 2. The van der Waals surface area contributed by atoms with Gasteiger partial charge in [0.05, 0.1) is 22.5 Å². The first kappa shape index (κ1) is 20.5. The van der Waals surface area contributed by atoms with Crippen molar-refractivity contribution >= 4 is 21.7 Å². The highest BCUT2D eigenvalue weighted by atomic mass is 32.2. The van der Waals surface area contributed by atoms with E-state index in [1.54, 1.807) is 25.1 Å². The summed E-state index contributed by atoms with van der Waals surface area (Å²) >= 11 is 0. The molecule has 0 bridgehead atoms. The van der Waals surface area contributed by atoms with Gasteiger partial charge in [0, 0.05) is 30.3 Å². The van der Waals surface area contributed by atoms with Crippen LogP contribution in [-0.2, 0) is 19.6 Å². The molecule has 0 saturated carbocycles. The summed E-state index contributed by atoms with van der Waals surface area (Å²) in [6.07, 6.45) is 1.40. The summed E-state index contributed by atoms with van der Waals surface area (Å²) in [6.45, 7) is 3.67. The van der Waals surface area contributed by atoms with Gasteiger partial charge in [-0.2, -0.15) is 0 Å². The fraction of sp³-hybridized carbons (Fsp3) is 0.250. The SMILES string of the molecule is CCOC(=O)/C=C1\CC(c2cccc([N+](=O)[O-])c2)N1S(=O)(=O)c1ccc(C)cc1. The molecule has 1 atom stereocenters. The number of non-ortho nitro benzene ring substituents is 1. The summed E-state index contributed by atoms with van der Waals surface area (Å²) in [5, 5.41) is 11.1. The van der Waals surface area contributed by atoms with Gasteiger partial charge in [-0.1, -0.05) is 29.8 Å². The highest BCUT2D eigenvalue weighted by Crippen LogP contribution is 2.46. The van der Waals surface area contributed by atoms with E-state index < -0.39 is 27.0 Å². The Bertz CT molecular complexity index is 1080. The highest BCUT2D eigenvalue weighted by molar-refractivity contribution is 7.89. The van der Waals surface area contributed by atoms with Crippen molar-refractivity contribution in [2.75, 3.05) is 6.61 Å². The predicted molar refractivity (Wildman–Crippen MR) is 105 cm³/mol. The lowest BCUT2D eigenvalue weighted by Gasteiger charge is -2.43. The number of benzene rings is 2. The molecule has 9 heteroatoms. The number of aryl methyl sites for hydroxylation is 1. The van der Waals surface area contributed by atoms with E-state index >= 15 is 0 Å². The molecule has 8 nitrogen and oxygen atoms in total. The molecule has 1 saturated heterocycles. The zero-order valence-electron chi connectivity index (χ0n) is 15.9. The molecular formula is C20H20N2O6S.